The van der Waals surface area contributed by atoms with Gasteiger partial charge in [-0.05, 0) is 67.3 Å². The Balaban J connectivity index is 2.20. The van der Waals surface area contributed by atoms with E-state index >= 15 is 0 Å². The second-order valence-electron chi connectivity index (χ2n) is 8.09. The van der Waals surface area contributed by atoms with Gasteiger partial charge < -0.3 is 4.74 Å². The average Bonchev–Trinajstić information content (AvgIpc) is 2.52. The first kappa shape index (κ1) is 18.0. The van der Waals surface area contributed by atoms with Crippen LogP contribution >= 0.6 is 0 Å². The van der Waals surface area contributed by atoms with Crippen LogP contribution in [0.4, 0.5) is 0 Å². The van der Waals surface area contributed by atoms with Crippen LogP contribution in [0.25, 0.3) is 0 Å². The van der Waals surface area contributed by atoms with E-state index in [-0.39, 0.29) is 16.8 Å². The van der Waals surface area contributed by atoms with E-state index in [1.165, 1.54) is 25.5 Å². The number of fused-ring (bicyclic) bond motifs is 1. The van der Waals surface area contributed by atoms with Crippen LogP contribution in [0, 0.1) is 22.7 Å². The summed E-state index contributed by atoms with van der Waals surface area (Å²) < 4.78 is 4.74. The molecule has 0 aromatic heterocycles. The van der Waals surface area contributed by atoms with Crippen molar-refractivity contribution in [3.8, 4) is 0 Å². The first-order valence-electron chi connectivity index (χ1n) is 8.85. The fraction of sp³-hybridized carbons (Fsp3) is 0.667. The minimum atomic E-state index is -0.247. The van der Waals surface area contributed by atoms with Crippen molar-refractivity contribution in [2.24, 2.45) is 22.7 Å². The summed E-state index contributed by atoms with van der Waals surface area (Å²) in [5.74, 6) is 1.09. The van der Waals surface area contributed by atoms with Crippen LogP contribution in [0.5, 0.6) is 0 Å². The van der Waals surface area contributed by atoms with Crippen molar-refractivity contribution in [2.45, 2.75) is 59.8 Å². The van der Waals surface area contributed by atoms with Crippen LogP contribution in [0.3, 0.4) is 0 Å². The van der Waals surface area contributed by atoms with Gasteiger partial charge in [0, 0.05) is 6.08 Å². The Hall–Kier alpha value is -1.31. The van der Waals surface area contributed by atoms with E-state index in [1.807, 2.05) is 6.92 Å². The minimum Gasteiger partial charge on any atom is -0.466 e. The van der Waals surface area contributed by atoms with Gasteiger partial charge in [-0.3, -0.25) is 0 Å². The molecule has 1 saturated carbocycles. The van der Waals surface area contributed by atoms with Gasteiger partial charge in [-0.1, -0.05) is 45.1 Å². The summed E-state index contributed by atoms with van der Waals surface area (Å²) in [5.41, 5.74) is 2.93. The quantitative estimate of drug-likeness (QED) is 0.508. The van der Waals surface area contributed by atoms with Gasteiger partial charge in [0.1, 0.15) is 0 Å². The summed E-state index contributed by atoms with van der Waals surface area (Å²) in [6.45, 7) is 13.6. The molecule has 0 unspecified atom stereocenters. The molecule has 0 aromatic carbocycles. The van der Waals surface area contributed by atoms with Gasteiger partial charge in [0.15, 0.2) is 0 Å². The smallest absolute Gasteiger partial charge is 0.330 e. The topological polar surface area (TPSA) is 26.3 Å². The number of esters is 1. The lowest BCUT2D eigenvalue weighted by atomic mass is 9.47. The van der Waals surface area contributed by atoms with Crippen LogP contribution in [0.2, 0.25) is 0 Å². The van der Waals surface area contributed by atoms with E-state index in [4.69, 9.17) is 4.74 Å². The highest BCUT2D eigenvalue weighted by molar-refractivity contribution is 5.82. The van der Waals surface area contributed by atoms with Crippen LogP contribution in [0.1, 0.15) is 59.8 Å². The molecule has 1 fully saturated rings. The Labute approximate surface area is 141 Å². The second-order valence-corrected chi connectivity index (χ2v) is 8.09. The van der Waals surface area contributed by atoms with Crippen LogP contribution in [-0.2, 0) is 9.53 Å². The van der Waals surface area contributed by atoms with Crippen molar-refractivity contribution in [3.05, 3.63) is 36.0 Å². The third-order valence-corrected chi connectivity index (χ3v) is 6.84. The molecule has 2 heteroatoms. The Bertz CT molecular complexity index is 542. The van der Waals surface area contributed by atoms with Gasteiger partial charge in [-0.2, -0.15) is 0 Å². The third-order valence-electron chi connectivity index (χ3n) is 6.84. The molecule has 2 aliphatic carbocycles. The number of methoxy groups -OCH3 is 1. The standard InChI is InChI=1S/C21H32O2/c1-15(14-19(22)23-6)10-12-20(4)17(3)11-13-21(5)16(2)8-7-9-18(20)21/h7-8,14,17-18H,2,9-13H2,1,3-6H3/b15-14+/t17-,18+,20+,21+/m1/s1. The van der Waals surface area contributed by atoms with E-state index in [0.29, 0.717) is 11.8 Å². The van der Waals surface area contributed by atoms with Gasteiger partial charge in [-0.15, -0.1) is 0 Å². The summed E-state index contributed by atoms with van der Waals surface area (Å²) in [6, 6.07) is 0. The van der Waals surface area contributed by atoms with Crippen LogP contribution < -0.4 is 0 Å². The fourth-order valence-electron chi connectivity index (χ4n) is 4.76. The molecule has 2 aliphatic rings. The molecule has 2 rings (SSSR count). The molecule has 4 atom stereocenters. The first-order chi connectivity index (χ1) is 10.7. The Morgan fingerprint density at radius 1 is 1.48 bits per heavy atom. The number of rotatable bonds is 4. The average molecular weight is 316 g/mol. The van der Waals surface area contributed by atoms with E-state index in [0.717, 1.165) is 24.8 Å². The summed E-state index contributed by atoms with van der Waals surface area (Å²) >= 11 is 0. The van der Waals surface area contributed by atoms with Gasteiger partial charge in [0.2, 0.25) is 0 Å². The maximum Gasteiger partial charge on any atom is 0.330 e. The normalized spacial score (nSPS) is 37.4. The predicted octanol–water partition coefficient (Wildman–Crippen LogP) is 5.46. The van der Waals surface area contributed by atoms with Crippen molar-refractivity contribution in [1.29, 1.82) is 0 Å². The number of allylic oxidation sites excluding steroid dienone is 4. The highest BCUT2D eigenvalue weighted by atomic mass is 16.5. The summed E-state index contributed by atoms with van der Waals surface area (Å²) in [5, 5.41) is 0. The maximum absolute atomic E-state index is 11.4. The molecule has 0 aliphatic heterocycles. The fourth-order valence-corrected chi connectivity index (χ4v) is 4.76. The lowest BCUT2D eigenvalue weighted by Crippen LogP contribution is -2.49. The monoisotopic (exact) mass is 316 g/mol. The van der Waals surface area contributed by atoms with Crippen molar-refractivity contribution >= 4 is 5.97 Å². The first-order valence-corrected chi connectivity index (χ1v) is 8.85. The summed E-state index contributed by atoms with van der Waals surface area (Å²) in [4.78, 5) is 11.4. The molecule has 0 saturated heterocycles. The van der Waals surface area contributed by atoms with E-state index in [1.54, 1.807) is 6.08 Å². The molecule has 0 N–H and O–H groups in total. The zero-order valence-electron chi connectivity index (χ0n) is 15.4. The summed E-state index contributed by atoms with van der Waals surface area (Å²) in [7, 11) is 1.43. The van der Waals surface area contributed by atoms with Gasteiger partial charge in [-0.25, -0.2) is 4.79 Å². The molecular weight excluding hydrogens is 284 g/mol. The van der Waals surface area contributed by atoms with Crippen molar-refractivity contribution in [2.75, 3.05) is 7.11 Å². The van der Waals surface area contributed by atoms with Gasteiger partial charge in [0.05, 0.1) is 7.11 Å². The van der Waals surface area contributed by atoms with Crippen molar-refractivity contribution in [1.82, 2.24) is 0 Å². The van der Waals surface area contributed by atoms with Crippen molar-refractivity contribution in [3.63, 3.8) is 0 Å². The lowest BCUT2D eigenvalue weighted by Gasteiger charge is -2.57. The highest BCUT2D eigenvalue weighted by Crippen LogP contribution is 2.61. The van der Waals surface area contributed by atoms with Crippen LogP contribution in [0.15, 0.2) is 36.0 Å². The molecule has 128 valence electrons. The SMILES string of the molecule is C=C1C=CC[C@H]2[C@@](C)(CC/C(C)=C/C(=O)OC)[C@H](C)CC[C@@]12C. The molecule has 0 amide bonds. The second kappa shape index (κ2) is 6.67. The van der Waals surface area contributed by atoms with E-state index < -0.39 is 0 Å². The molecular formula is C21H32O2. The molecule has 2 nitrogen and oxygen atoms in total. The van der Waals surface area contributed by atoms with Crippen molar-refractivity contribution < 1.29 is 9.53 Å². The van der Waals surface area contributed by atoms with Gasteiger partial charge in [0.25, 0.3) is 0 Å². The molecule has 0 heterocycles. The zero-order valence-corrected chi connectivity index (χ0v) is 15.4. The number of hydrogen-bond acceptors (Lipinski definition) is 2. The Morgan fingerprint density at radius 2 is 2.17 bits per heavy atom. The number of carbonyl (C=O) groups excluding carboxylic acids is 1. The maximum atomic E-state index is 11.4. The highest BCUT2D eigenvalue weighted by Gasteiger charge is 2.52. The zero-order chi connectivity index (χ0) is 17.3. The molecule has 23 heavy (non-hydrogen) atoms. The summed E-state index contributed by atoms with van der Waals surface area (Å²) in [6.07, 6.45) is 11.9. The molecule has 0 aromatic rings. The Kier molecular flexibility index (Phi) is 5.23. The number of ether oxygens (including phenoxy) is 1. The minimum absolute atomic E-state index is 0.232. The number of hydrogen-bond donors (Lipinski definition) is 0. The number of carbonyl (C=O) groups is 1. The molecule has 0 radical (unpaired) electrons. The third kappa shape index (κ3) is 3.32. The lowest BCUT2D eigenvalue weighted by molar-refractivity contribution is -0.134. The van der Waals surface area contributed by atoms with Gasteiger partial charge >= 0.3 is 5.97 Å². The predicted molar refractivity (Wildman–Crippen MR) is 96.0 cm³/mol. The molecule has 0 spiro atoms. The van der Waals surface area contributed by atoms with E-state index in [9.17, 15) is 4.79 Å². The largest absolute Gasteiger partial charge is 0.466 e. The van der Waals surface area contributed by atoms with E-state index in [2.05, 4.69) is 39.5 Å². The van der Waals surface area contributed by atoms with Crippen LogP contribution in [-0.4, -0.2) is 13.1 Å². The Morgan fingerprint density at radius 3 is 2.83 bits per heavy atom. The molecule has 0 bridgehead atoms.